The molecular formula is C17H16F3N3O3. The van der Waals surface area contributed by atoms with Gasteiger partial charge < -0.3 is 10.4 Å². The lowest BCUT2D eigenvalue weighted by Gasteiger charge is -2.13. The molecule has 9 heteroatoms. The molecule has 2 aromatic rings. The Kier molecular flexibility index (Phi) is 4.05. The molecule has 138 valence electrons. The molecular weight excluding hydrogens is 351 g/mol. The van der Waals surface area contributed by atoms with Crippen molar-refractivity contribution >= 4 is 17.6 Å². The smallest absolute Gasteiger partial charge is 0.434 e. The van der Waals surface area contributed by atoms with Gasteiger partial charge in [0, 0.05) is 11.6 Å². The minimum Gasteiger partial charge on any atom is -0.478 e. The molecule has 0 spiro atoms. The van der Waals surface area contributed by atoms with Crippen LogP contribution in [0.4, 0.5) is 18.9 Å². The maximum atomic E-state index is 13.3. The molecule has 0 aliphatic heterocycles. The van der Waals surface area contributed by atoms with Crippen molar-refractivity contribution in [2.24, 2.45) is 11.3 Å². The number of carbonyl (C=O) groups is 2. The number of carboxylic acids is 1. The van der Waals surface area contributed by atoms with Gasteiger partial charge in [0.1, 0.15) is 5.56 Å². The van der Waals surface area contributed by atoms with Gasteiger partial charge in [0.05, 0.1) is 11.9 Å². The summed E-state index contributed by atoms with van der Waals surface area (Å²) >= 11 is 0. The molecule has 0 bridgehead atoms. The van der Waals surface area contributed by atoms with E-state index in [0.29, 0.717) is 16.6 Å². The molecule has 2 N–H and O–H groups in total. The number of amides is 1. The highest BCUT2D eigenvalue weighted by Crippen LogP contribution is 2.52. The van der Waals surface area contributed by atoms with Gasteiger partial charge in [-0.25, -0.2) is 9.48 Å². The molecule has 1 aromatic carbocycles. The Bertz CT molecular complexity index is 887. The first-order valence-corrected chi connectivity index (χ1v) is 7.80. The average molecular weight is 367 g/mol. The second-order valence-corrected chi connectivity index (χ2v) is 6.91. The fourth-order valence-electron chi connectivity index (χ4n) is 2.83. The standard InChI is InChI=1S/C17H16F3N3O3/c1-16(2)7-12(16)14(24)22-9-4-3-5-10(6-9)23-13(17(18,19)20)11(8-21-23)15(25)26/h3-6,8,12H,7H2,1-2H3,(H,22,24)(H,25,26). The molecule has 1 atom stereocenters. The van der Waals surface area contributed by atoms with E-state index in [1.54, 1.807) is 6.07 Å². The summed E-state index contributed by atoms with van der Waals surface area (Å²) in [6.07, 6.45) is -3.50. The van der Waals surface area contributed by atoms with E-state index < -0.39 is 23.4 Å². The number of halogens is 3. The average Bonchev–Trinajstić information content (AvgIpc) is 2.96. The van der Waals surface area contributed by atoms with Crippen molar-refractivity contribution in [3.8, 4) is 5.69 Å². The third-order valence-corrected chi connectivity index (χ3v) is 4.46. The maximum absolute atomic E-state index is 13.3. The zero-order chi connectivity index (χ0) is 19.3. The maximum Gasteiger partial charge on any atom is 0.434 e. The summed E-state index contributed by atoms with van der Waals surface area (Å²) in [7, 11) is 0. The zero-order valence-electron chi connectivity index (χ0n) is 14.0. The van der Waals surface area contributed by atoms with Crippen LogP contribution in [-0.2, 0) is 11.0 Å². The Hall–Kier alpha value is -2.84. The third kappa shape index (κ3) is 3.29. The summed E-state index contributed by atoms with van der Waals surface area (Å²) < 4.78 is 40.4. The molecule has 1 aliphatic carbocycles. The number of aromatic carboxylic acids is 1. The van der Waals surface area contributed by atoms with Gasteiger partial charge in [0.15, 0.2) is 5.69 Å². The van der Waals surface area contributed by atoms with Gasteiger partial charge in [-0.05, 0) is 30.0 Å². The molecule has 3 rings (SSSR count). The lowest BCUT2D eigenvalue weighted by molar-refractivity contribution is -0.143. The van der Waals surface area contributed by atoms with Gasteiger partial charge in [0.2, 0.25) is 5.91 Å². The van der Waals surface area contributed by atoms with Crippen molar-refractivity contribution in [2.45, 2.75) is 26.4 Å². The van der Waals surface area contributed by atoms with E-state index in [-0.39, 0.29) is 22.9 Å². The van der Waals surface area contributed by atoms with Crippen LogP contribution in [0, 0.1) is 11.3 Å². The molecule has 1 heterocycles. The number of hydrogen-bond acceptors (Lipinski definition) is 3. The van der Waals surface area contributed by atoms with E-state index in [1.807, 2.05) is 13.8 Å². The molecule has 1 aromatic heterocycles. The largest absolute Gasteiger partial charge is 0.478 e. The van der Waals surface area contributed by atoms with Gasteiger partial charge in [-0.1, -0.05) is 19.9 Å². The van der Waals surface area contributed by atoms with E-state index in [9.17, 15) is 22.8 Å². The first kappa shape index (κ1) is 18.0. The Balaban J connectivity index is 1.94. The van der Waals surface area contributed by atoms with Crippen LogP contribution >= 0.6 is 0 Å². The first-order chi connectivity index (χ1) is 12.0. The van der Waals surface area contributed by atoms with Gasteiger partial charge in [-0.3, -0.25) is 4.79 Å². The number of carboxylic acid groups (broad SMARTS) is 1. The SMILES string of the molecule is CC1(C)CC1C(=O)Nc1cccc(-n2ncc(C(=O)O)c2C(F)(F)F)c1. The highest BCUT2D eigenvalue weighted by Gasteiger charge is 2.50. The van der Waals surface area contributed by atoms with Crippen LogP contribution in [0.1, 0.15) is 36.3 Å². The number of carbonyl (C=O) groups excluding carboxylic acids is 1. The summed E-state index contributed by atoms with van der Waals surface area (Å²) in [5, 5.41) is 15.2. The van der Waals surface area contributed by atoms with Crippen LogP contribution in [0.3, 0.4) is 0 Å². The number of anilines is 1. The van der Waals surface area contributed by atoms with E-state index in [0.717, 1.165) is 6.42 Å². The van der Waals surface area contributed by atoms with Crippen LogP contribution in [0.2, 0.25) is 0 Å². The lowest BCUT2D eigenvalue weighted by Crippen LogP contribution is -2.18. The van der Waals surface area contributed by atoms with Crippen LogP contribution in [-0.4, -0.2) is 26.8 Å². The summed E-state index contributed by atoms with van der Waals surface area (Å²) in [6.45, 7) is 3.92. The van der Waals surface area contributed by atoms with Crippen molar-refractivity contribution in [1.82, 2.24) is 9.78 Å². The summed E-state index contributed by atoms with van der Waals surface area (Å²) in [5.41, 5.74) is -2.08. The van der Waals surface area contributed by atoms with Gasteiger partial charge in [-0.2, -0.15) is 18.3 Å². The predicted molar refractivity (Wildman–Crippen MR) is 86.0 cm³/mol. The highest BCUT2D eigenvalue weighted by atomic mass is 19.4. The molecule has 1 amide bonds. The van der Waals surface area contributed by atoms with E-state index in [1.165, 1.54) is 18.2 Å². The normalized spacial score (nSPS) is 18.4. The number of aromatic nitrogens is 2. The highest BCUT2D eigenvalue weighted by molar-refractivity contribution is 5.95. The molecule has 0 radical (unpaired) electrons. The topological polar surface area (TPSA) is 84.2 Å². The monoisotopic (exact) mass is 367 g/mol. The molecule has 1 fully saturated rings. The molecule has 6 nitrogen and oxygen atoms in total. The molecule has 1 unspecified atom stereocenters. The molecule has 0 saturated heterocycles. The summed E-state index contributed by atoms with van der Waals surface area (Å²) in [6, 6.07) is 5.68. The van der Waals surface area contributed by atoms with Crippen molar-refractivity contribution in [2.75, 3.05) is 5.32 Å². The second kappa shape index (κ2) is 5.86. The molecule has 1 saturated carbocycles. The fourth-order valence-corrected chi connectivity index (χ4v) is 2.83. The Labute approximate surface area is 146 Å². The zero-order valence-corrected chi connectivity index (χ0v) is 14.0. The van der Waals surface area contributed by atoms with E-state index >= 15 is 0 Å². The number of hydrogen-bond donors (Lipinski definition) is 2. The van der Waals surface area contributed by atoms with Gasteiger partial charge in [0.25, 0.3) is 0 Å². The molecule has 1 aliphatic rings. The van der Waals surface area contributed by atoms with Crippen LogP contribution in [0.5, 0.6) is 0 Å². The van der Waals surface area contributed by atoms with Crippen LogP contribution in [0.15, 0.2) is 30.5 Å². The molecule has 26 heavy (non-hydrogen) atoms. The third-order valence-electron chi connectivity index (χ3n) is 4.46. The minimum absolute atomic E-state index is 0.00215. The van der Waals surface area contributed by atoms with Crippen LogP contribution in [0.25, 0.3) is 5.69 Å². The van der Waals surface area contributed by atoms with Crippen molar-refractivity contribution < 1.29 is 27.9 Å². The second-order valence-electron chi connectivity index (χ2n) is 6.91. The van der Waals surface area contributed by atoms with Crippen molar-refractivity contribution in [3.05, 3.63) is 41.7 Å². The lowest BCUT2D eigenvalue weighted by atomic mass is 10.1. The fraction of sp³-hybridized carbons (Fsp3) is 0.353. The quantitative estimate of drug-likeness (QED) is 0.865. The predicted octanol–water partition coefficient (Wildman–Crippen LogP) is 3.57. The minimum atomic E-state index is -4.90. The van der Waals surface area contributed by atoms with E-state index in [2.05, 4.69) is 10.4 Å². The number of nitrogens with zero attached hydrogens (tertiary/aromatic N) is 2. The van der Waals surface area contributed by atoms with Crippen LogP contribution < -0.4 is 5.32 Å². The summed E-state index contributed by atoms with van der Waals surface area (Å²) in [5.74, 6) is -2.06. The number of rotatable bonds is 4. The Morgan fingerprint density at radius 1 is 1.35 bits per heavy atom. The Morgan fingerprint density at radius 3 is 2.54 bits per heavy atom. The van der Waals surface area contributed by atoms with Crippen molar-refractivity contribution in [3.63, 3.8) is 0 Å². The summed E-state index contributed by atoms with van der Waals surface area (Å²) in [4.78, 5) is 23.2. The Morgan fingerprint density at radius 2 is 2.00 bits per heavy atom. The number of benzene rings is 1. The van der Waals surface area contributed by atoms with Gasteiger partial charge >= 0.3 is 12.1 Å². The number of alkyl halides is 3. The first-order valence-electron chi connectivity index (χ1n) is 7.80. The van der Waals surface area contributed by atoms with E-state index in [4.69, 9.17) is 5.11 Å². The van der Waals surface area contributed by atoms with Gasteiger partial charge in [-0.15, -0.1) is 0 Å². The van der Waals surface area contributed by atoms with Crippen molar-refractivity contribution in [1.29, 1.82) is 0 Å². The number of nitrogens with one attached hydrogen (secondary N) is 1.